The van der Waals surface area contributed by atoms with Gasteiger partial charge in [0.2, 0.25) is 5.91 Å². The summed E-state index contributed by atoms with van der Waals surface area (Å²) in [4.78, 5) is 14.4. The zero-order chi connectivity index (χ0) is 14.0. The van der Waals surface area contributed by atoms with E-state index in [1.807, 2.05) is 44.2 Å². The molecule has 2 N–H and O–H groups in total. The summed E-state index contributed by atoms with van der Waals surface area (Å²) in [7, 11) is 1.77. The molecule has 104 valence electrons. The molecule has 2 atom stereocenters. The number of aliphatic hydroxyl groups is 1. The Bertz CT molecular complexity index is 445. The summed E-state index contributed by atoms with van der Waals surface area (Å²) >= 11 is 0. The molecule has 0 bridgehead atoms. The third-order valence-corrected chi connectivity index (χ3v) is 4.00. The maximum absolute atomic E-state index is 12.7. The molecule has 0 spiro atoms. The van der Waals surface area contributed by atoms with Gasteiger partial charge in [0.15, 0.2) is 0 Å². The van der Waals surface area contributed by atoms with Crippen molar-refractivity contribution in [3.05, 3.63) is 35.9 Å². The molecule has 1 amide bonds. The summed E-state index contributed by atoms with van der Waals surface area (Å²) in [5.74, 6) is 0.0337. The van der Waals surface area contributed by atoms with Crippen molar-refractivity contribution in [2.24, 2.45) is 0 Å². The number of hydrogen-bond donors (Lipinski definition) is 2. The third kappa shape index (κ3) is 2.65. The fourth-order valence-corrected chi connectivity index (χ4v) is 2.62. The lowest BCUT2D eigenvalue weighted by atomic mass is 9.83. The molecule has 0 saturated carbocycles. The Labute approximate surface area is 114 Å². The second-order valence-electron chi connectivity index (χ2n) is 5.70. The van der Waals surface area contributed by atoms with Gasteiger partial charge in [-0.2, -0.15) is 0 Å². The first-order valence-corrected chi connectivity index (χ1v) is 6.66. The van der Waals surface area contributed by atoms with Gasteiger partial charge in [0.05, 0.1) is 17.6 Å². The first kappa shape index (κ1) is 14.0. The van der Waals surface area contributed by atoms with Gasteiger partial charge >= 0.3 is 0 Å². The Kier molecular flexibility index (Phi) is 3.92. The summed E-state index contributed by atoms with van der Waals surface area (Å²) < 4.78 is 0. The molecule has 4 nitrogen and oxygen atoms in total. The highest BCUT2D eigenvalue weighted by Crippen LogP contribution is 2.26. The molecule has 0 aliphatic carbocycles. The number of rotatable bonds is 3. The van der Waals surface area contributed by atoms with Crippen molar-refractivity contribution in [3.8, 4) is 0 Å². The Balaban J connectivity index is 2.18. The molecular formula is C15H22N2O2. The third-order valence-electron chi connectivity index (χ3n) is 4.00. The van der Waals surface area contributed by atoms with Gasteiger partial charge in [-0.05, 0) is 19.4 Å². The van der Waals surface area contributed by atoms with Gasteiger partial charge in [0.1, 0.15) is 0 Å². The molecular weight excluding hydrogens is 240 g/mol. The quantitative estimate of drug-likeness (QED) is 0.845. The molecule has 1 aromatic carbocycles. The SMILES string of the molecule is CN(C(=O)C(C)(C)c1ccccc1)[C@H]1CNC[C@@H]1O. The van der Waals surface area contributed by atoms with Crippen LogP contribution in [0.3, 0.4) is 0 Å². The van der Waals surface area contributed by atoms with E-state index in [0.717, 1.165) is 5.56 Å². The molecule has 0 aromatic heterocycles. The fourth-order valence-electron chi connectivity index (χ4n) is 2.62. The topological polar surface area (TPSA) is 52.6 Å². The van der Waals surface area contributed by atoms with Crippen molar-refractivity contribution < 1.29 is 9.90 Å². The minimum absolute atomic E-state index is 0.0337. The predicted octanol–water partition coefficient (Wildman–Crippen LogP) is 0.755. The van der Waals surface area contributed by atoms with Gasteiger partial charge in [0, 0.05) is 20.1 Å². The van der Waals surface area contributed by atoms with E-state index in [2.05, 4.69) is 5.32 Å². The average Bonchev–Trinajstić information content (AvgIpc) is 2.84. The molecule has 1 aliphatic rings. The lowest BCUT2D eigenvalue weighted by molar-refractivity contribution is -0.138. The number of benzene rings is 1. The number of likely N-dealkylation sites (N-methyl/N-ethyl adjacent to an activating group) is 1. The van der Waals surface area contributed by atoms with Gasteiger partial charge in [0.25, 0.3) is 0 Å². The van der Waals surface area contributed by atoms with E-state index in [9.17, 15) is 9.90 Å². The summed E-state index contributed by atoms with van der Waals surface area (Å²) in [5, 5.41) is 13.0. The van der Waals surface area contributed by atoms with Gasteiger partial charge < -0.3 is 15.3 Å². The minimum atomic E-state index is -0.585. The van der Waals surface area contributed by atoms with E-state index in [1.165, 1.54) is 0 Å². The molecule has 0 unspecified atom stereocenters. The van der Waals surface area contributed by atoms with Crippen LogP contribution in [0.25, 0.3) is 0 Å². The summed E-state index contributed by atoms with van der Waals surface area (Å²) in [6, 6.07) is 9.62. The number of amides is 1. The minimum Gasteiger partial charge on any atom is -0.390 e. The van der Waals surface area contributed by atoms with E-state index >= 15 is 0 Å². The van der Waals surface area contributed by atoms with E-state index in [0.29, 0.717) is 13.1 Å². The monoisotopic (exact) mass is 262 g/mol. The first-order chi connectivity index (χ1) is 8.94. The largest absolute Gasteiger partial charge is 0.390 e. The van der Waals surface area contributed by atoms with Crippen LogP contribution < -0.4 is 5.32 Å². The van der Waals surface area contributed by atoms with Crippen molar-refractivity contribution in [1.29, 1.82) is 0 Å². The molecule has 19 heavy (non-hydrogen) atoms. The van der Waals surface area contributed by atoms with Crippen molar-refractivity contribution in [1.82, 2.24) is 10.2 Å². The predicted molar refractivity (Wildman–Crippen MR) is 74.9 cm³/mol. The number of carbonyl (C=O) groups excluding carboxylic acids is 1. The lowest BCUT2D eigenvalue weighted by Gasteiger charge is -2.34. The second kappa shape index (κ2) is 5.31. The number of β-amino-alcohol motifs (C(OH)–C–C–N with tert-alkyl or cyclic N) is 1. The van der Waals surface area contributed by atoms with Crippen LogP contribution in [-0.4, -0.2) is 48.2 Å². The molecule has 4 heteroatoms. The Morgan fingerprint density at radius 1 is 1.32 bits per heavy atom. The highest BCUT2D eigenvalue weighted by molar-refractivity contribution is 5.87. The summed E-state index contributed by atoms with van der Waals surface area (Å²) in [6.45, 7) is 5.05. The average molecular weight is 262 g/mol. The van der Waals surface area contributed by atoms with Gasteiger partial charge in [-0.3, -0.25) is 4.79 Å². The smallest absolute Gasteiger partial charge is 0.232 e. The van der Waals surface area contributed by atoms with Crippen LogP contribution in [0.1, 0.15) is 19.4 Å². The van der Waals surface area contributed by atoms with Crippen molar-refractivity contribution >= 4 is 5.91 Å². The van der Waals surface area contributed by atoms with Crippen LogP contribution in [0.5, 0.6) is 0 Å². The number of aliphatic hydroxyl groups excluding tert-OH is 1. The van der Waals surface area contributed by atoms with Gasteiger partial charge in [-0.25, -0.2) is 0 Å². The standard InChI is InChI=1S/C15H22N2O2/c1-15(2,11-7-5-4-6-8-11)14(19)17(3)12-9-16-10-13(12)18/h4-8,12-13,16,18H,9-10H2,1-3H3/t12-,13-/m0/s1. The van der Waals surface area contributed by atoms with Crippen LogP contribution in [0.4, 0.5) is 0 Å². The second-order valence-corrected chi connectivity index (χ2v) is 5.70. The molecule has 2 rings (SSSR count). The zero-order valence-electron chi connectivity index (χ0n) is 11.8. The first-order valence-electron chi connectivity index (χ1n) is 6.66. The highest BCUT2D eigenvalue weighted by atomic mass is 16.3. The van der Waals surface area contributed by atoms with E-state index < -0.39 is 11.5 Å². The van der Waals surface area contributed by atoms with E-state index in [-0.39, 0.29) is 11.9 Å². The maximum atomic E-state index is 12.7. The van der Waals surface area contributed by atoms with Crippen molar-refractivity contribution in [3.63, 3.8) is 0 Å². The van der Waals surface area contributed by atoms with Gasteiger partial charge in [-0.1, -0.05) is 30.3 Å². The van der Waals surface area contributed by atoms with Crippen LogP contribution in [-0.2, 0) is 10.2 Å². The zero-order valence-corrected chi connectivity index (χ0v) is 11.8. The Morgan fingerprint density at radius 2 is 1.95 bits per heavy atom. The molecule has 1 aromatic rings. The molecule has 1 fully saturated rings. The van der Waals surface area contributed by atoms with Gasteiger partial charge in [-0.15, -0.1) is 0 Å². The van der Waals surface area contributed by atoms with Crippen LogP contribution in [0, 0.1) is 0 Å². The lowest BCUT2D eigenvalue weighted by Crippen LogP contribution is -2.50. The number of hydrogen-bond acceptors (Lipinski definition) is 3. The van der Waals surface area contributed by atoms with Crippen molar-refractivity contribution in [2.45, 2.75) is 31.4 Å². The van der Waals surface area contributed by atoms with Crippen molar-refractivity contribution in [2.75, 3.05) is 20.1 Å². The molecule has 0 radical (unpaired) electrons. The highest BCUT2D eigenvalue weighted by Gasteiger charge is 2.38. The summed E-state index contributed by atoms with van der Waals surface area (Å²) in [5.41, 5.74) is 0.408. The normalized spacial score (nSPS) is 23.4. The maximum Gasteiger partial charge on any atom is 0.232 e. The van der Waals surface area contributed by atoms with E-state index in [1.54, 1.807) is 11.9 Å². The van der Waals surface area contributed by atoms with E-state index in [4.69, 9.17) is 0 Å². The Hall–Kier alpha value is -1.39. The number of nitrogens with zero attached hydrogens (tertiary/aromatic N) is 1. The number of carbonyl (C=O) groups is 1. The Morgan fingerprint density at radius 3 is 2.47 bits per heavy atom. The fraction of sp³-hybridized carbons (Fsp3) is 0.533. The van der Waals surface area contributed by atoms with Crippen LogP contribution in [0.2, 0.25) is 0 Å². The molecule has 1 saturated heterocycles. The molecule has 1 heterocycles. The number of nitrogens with one attached hydrogen (secondary N) is 1. The van der Waals surface area contributed by atoms with Crippen LogP contribution >= 0.6 is 0 Å². The molecule has 1 aliphatic heterocycles. The summed E-state index contributed by atoms with van der Waals surface area (Å²) in [6.07, 6.45) is -0.486. The van der Waals surface area contributed by atoms with Crippen LogP contribution in [0.15, 0.2) is 30.3 Å².